The van der Waals surface area contributed by atoms with E-state index in [0.717, 1.165) is 6.07 Å². The highest BCUT2D eigenvalue weighted by Gasteiger charge is 2.29. The highest BCUT2D eigenvalue weighted by Crippen LogP contribution is 2.38. The zero-order valence-electron chi connectivity index (χ0n) is 11.3. The average Bonchev–Trinajstić information content (AvgIpc) is 2.39. The third-order valence-electron chi connectivity index (χ3n) is 3.16. The number of ketones is 1. The summed E-state index contributed by atoms with van der Waals surface area (Å²) in [4.78, 5) is 12.5. The fourth-order valence-electron chi connectivity index (χ4n) is 2.17. The summed E-state index contributed by atoms with van der Waals surface area (Å²) in [5, 5.41) is 28.7. The van der Waals surface area contributed by atoms with Crippen LogP contribution in [0.15, 0.2) is 47.6 Å². The molecule has 0 bridgehead atoms. The number of aromatic hydroxyl groups is 2. The summed E-state index contributed by atoms with van der Waals surface area (Å²) in [6.45, 7) is -0.0187. The van der Waals surface area contributed by atoms with Crippen molar-refractivity contribution in [2.45, 2.75) is 6.08 Å². The average molecular weight is 273 g/mol. The van der Waals surface area contributed by atoms with E-state index in [2.05, 4.69) is 0 Å². The molecule has 1 aliphatic carbocycles. The van der Waals surface area contributed by atoms with Crippen molar-refractivity contribution in [2.24, 2.45) is 0 Å². The summed E-state index contributed by atoms with van der Waals surface area (Å²) in [6, 6.07) is 2.34. The number of allylic oxidation sites excluding steroid dienone is 3. The first-order chi connectivity index (χ1) is 9.87. The van der Waals surface area contributed by atoms with Crippen LogP contribution >= 0.6 is 0 Å². The number of Topliss-reactive ketones (excluding diaryl/α,β-unsaturated/α-hetero) is 1. The van der Waals surface area contributed by atoms with E-state index in [1.165, 1.54) is 30.4 Å². The molecular formula is C15H12O5. The first kappa shape index (κ1) is 11.3. The Kier molecular flexibility index (Phi) is 2.57. The third-order valence-corrected chi connectivity index (χ3v) is 3.16. The zero-order chi connectivity index (χ0) is 15.2. The van der Waals surface area contributed by atoms with E-state index >= 15 is 0 Å². The van der Waals surface area contributed by atoms with Crippen LogP contribution in [0.25, 0.3) is 0 Å². The maximum atomic E-state index is 12.5. The number of phenolic OH excluding ortho intramolecular Hbond substituents is 2. The molecular weight excluding hydrogens is 260 g/mol. The summed E-state index contributed by atoms with van der Waals surface area (Å²) in [5.74, 6) is -0.823. The number of hydrogen-bond acceptors (Lipinski definition) is 5. The first-order valence-corrected chi connectivity index (χ1v) is 5.95. The molecule has 0 saturated carbocycles. The van der Waals surface area contributed by atoms with E-state index < -0.39 is 11.9 Å². The third kappa shape index (κ3) is 1.98. The molecule has 0 atom stereocenters. The van der Waals surface area contributed by atoms with Crippen LogP contribution in [-0.2, 0) is 0 Å². The van der Waals surface area contributed by atoms with Gasteiger partial charge in [-0.05, 0) is 5.57 Å². The molecule has 102 valence electrons. The summed E-state index contributed by atoms with van der Waals surface area (Å²) in [5.41, 5.74) is 0.816. The topological polar surface area (TPSA) is 87.0 Å². The van der Waals surface area contributed by atoms with E-state index in [-0.39, 0.29) is 29.4 Å². The molecule has 5 nitrogen and oxygen atoms in total. The largest absolute Gasteiger partial charge is 0.508 e. The van der Waals surface area contributed by atoms with Crippen molar-refractivity contribution in [1.29, 1.82) is 0 Å². The lowest BCUT2D eigenvalue weighted by Gasteiger charge is -2.21. The van der Waals surface area contributed by atoms with E-state index in [9.17, 15) is 20.1 Å². The number of fused-ring (bicyclic) bond motifs is 1. The van der Waals surface area contributed by atoms with E-state index in [4.69, 9.17) is 6.11 Å². The van der Waals surface area contributed by atoms with Crippen LogP contribution in [0.4, 0.5) is 0 Å². The fourth-order valence-corrected chi connectivity index (χ4v) is 2.17. The summed E-state index contributed by atoms with van der Waals surface area (Å²) < 4.78 is 12.8. The zero-order valence-corrected chi connectivity index (χ0v) is 10.3. The second kappa shape index (κ2) is 4.54. The Balaban J connectivity index is 2.07. The smallest absolute Gasteiger partial charge is 0.200 e. The Bertz CT molecular complexity index is 710. The molecule has 5 heteroatoms. The lowest BCUT2D eigenvalue weighted by Crippen LogP contribution is -2.21. The maximum Gasteiger partial charge on any atom is 0.200 e. The summed E-state index contributed by atoms with van der Waals surface area (Å²) in [6.07, 6.45) is 3.64. The van der Waals surface area contributed by atoms with Crippen LogP contribution in [0.1, 0.15) is 11.7 Å². The molecule has 0 unspecified atom stereocenters. The van der Waals surface area contributed by atoms with Crippen LogP contribution in [-0.4, -0.2) is 33.8 Å². The predicted octanol–water partition coefficient (Wildman–Crippen LogP) is 1.46. The highest BCUT2D eigenvalue weighted by molar-refractivity contribution is 6.14. The second-order valence-electron chi connectivity index (χ2n) is 4.48. The number of phenols is 2. The van der Waals surface area contributed by atoms with Gasteiger partial charge in [0, 0.05) is 17.7 Å². The van der Waals surface area contributed by atoms with Crippen LogP contribution < -0.4 is 4.74 Å². The van der Waals surface area contributed by atoms with Gasteiger partial charge in [0.05, 0.1) is 7.45 Å². The molecule has 1 aromatic rings. The van der Waals surface area contributed by atoms with Crippen molar-refractivity contribution in [1.82, 2.24) is 0 Å². The van der Waals surface area contributed by atoms with Crippen molar-refractivity contribution >= 4 is 5.78 Å². The fraction of sp³-hybridized carbons (Fsp3) is 0.133. The van der Waals surface area contributed by atoms with Gasteiger partial charge in [0.1, 0.15) is 29.4 Å². The van der Waals surface area contributed by atoms with Crippen molar-refractivity contribution in [3.05, 3.63) is 53.1 Å². The monoisotopic (exact) mass is 273 g/mol. The van der Waals surface area contributed by atoms with E-state index in [1.54, 1.807) is 0 Å². The Labute approximate surface area is 116 Å². The normalized spacial score (nSPS) is 25.2. The summed E-state index contributed by atoms with van der Waals surface area (Å²) >= 11 is 0. The van der Waals surface area contributed by atoms with Crippen LogP contribution in [0.2, 0.25) is 0 Å². The van der Waals surface area contributed by atoms with Crippen LogP contribution in [0.3, 0.4) is 0 Å². The Morgan fingerprint density at radius 3 is 2.65 bits per heavy atom. The molecule has 0 fully saturated rings. The van der Waals surface area contributed by atoms with Gasteiger partial charge in [-0.1, -0.05) is 24.3 Å². The second-order valence-corrected chi connectivity index (χ2v) is 4.48. The molecule has 0 radical (unpaired) electrons. The standard InChI is InChI=1S/C15H12O5/c16-9-3-1-8(2-4-9)11-7-20-13-6-10(17)5-12(18)14(13)15(11)19/h1-6,9,16-18H,7H2/i9D. The van der Waals surface area contributed by atoms with E-state index in [1.807, 2.05) is 0 Å². The van der Waals surface area contributed by atoms with Crippen molar-refractivity contribution in [3.63, 3.8) is 0 Å². The number of carbonyl (C=O) groups is 1. The van der Waals surface area contributed by atoms with Crippen LogP contribution in [0.5, 0.6) is 17.2 Å². The minimum atomic E-state index is -1.78. The molecule has 0 aromatic heterocycles. The molecule has 20 heavy (non-hydrogen) atoms. The van der Waals surface area contributed by atoms with Gasteiger partial charge in [-0.2, -0.15) is 0 Å². The molecule has 0 spiro atoms. The highest BCUT2D eigenvalue weighted by atomic mass is 16.5. The quantitative estimate of drug-likeness (QED) is 0.623. The van der Waals surface area contributed by atoms with Gasteiger partial charge < -0.3 is 20.1 Å². The molecule has 3 N–H and O–H groups in total. The molecule has 0 saturated heterocycles. The first-order valence-electron chi connectivity index (χ1n) is 6.45. The number of carbonyl (C=O) groups excluding carboxylic acids is 1. The Morgan fingerprint density at radius 2 is 1.95 bits per heavy atom. The molecule has 3 rings (SSSR count). The number of hydrogen-bond donors (Lipinski definition) is 3. The van der Waals surface area contributed by atoms with Crippen molar-refractivity contribution in [3.8, 4) is 17.2 Å². The molecule has 1 aliphatic heterocycles. The number of ether oxygens (including phenoxy) is 1. The Hall–Kier alpha value is -2.53. The van der Waals surface area contributed by atoms with Gasteiger partial charge in [-0.25, -0.2) is 0 Å². The number of rotatable bonds is 0. The van der Waals surface area contributed by atoms with Gasteiger partial charge in [0.2, 0.25) is 5.78 Å². The molecule has 2 aliphatic rings. The van der Waals surface area contributed by atoms with E-state index in [0.29, 0.717) is 11.1 Å². The molecule has 1 heterocycles. The number of aliphatic hydroxyl groups is 1. The van der Waals surface area contributed by atoms with Gasteiger partial charge in [0.25, 0.3) is 0 Å². The van der Waals surface area contributed by atoms with Crippen LogP contribution in [0, 0.1) is 0 Å². The SMILES string of the molecule is [2H]C1(O)C=CC(=C2COc3cc(O)cc(O)c3C2=O)C=C1. The van der Waals surface area contributed by atoms with Gasteiger partial charge in [-0.15, -0.1) is 0 Å². The lowest BCUT2D eigenvalue weighted by molar-refractivity contribution is 0.0995. The maximum absolute atomic E-state index is 12.5. The summed E-state index contributed by atoms with van der Waals surface area (Å²) in [7, 11) is 0. The predicted molar refractivity (Wildman–Crippen MR) is 70.9 cm³/mol. The van der Waals surface area contributed by atoms with Crippen molar-refractivity contribution in [2.75, 3.05) is 6.61 Å². The lowest BCUT2D eigenvalue weighted by atomic mass is 9.93. The van der Waals surface area contributed by atoms with Crippen molar-refractivity contribution < 1.29 is 26.2 Å². The van der Waals surface area contributed by atoms with Gasteiger partial charge in [-0.3, -0.25) is 4.79 Å². The minimum absolute atomic E-state index is 0.00458. The Morgan fingerprint density at radius 1 is 1.25 bits per heavy atom. The minimum Gasteiger partial charge on any atom is -0.508 e. The molecule has 1 aromatic carbocycles. The number of benzene rings is 1. The van der Waals surface area contributed by atoms with Gasteiger partial charge in [0.15, 0.2) is 0 Å². The molecule has 0 amide bonds. The van der Waals surface area contributed by atoms with Gasteiger partial charge >= 0.3 is 0 Å².